The molecule has 4 atom stereocenters. The van der Waals surface area contributed by atoms with Gasteiger partial charge in [-0.1, -0.05) is 60.7 Å². The maximum Gasteiger partial charge on any atom is 0.238 e. The van der Waals surface area contributed by atoms with Crippen molar-refractivity contribution in [2.24, 2.45) is 5.92 Å². The Balaban J connectivity index is 1.55. The fraction of sp³-hybridized carbons (Fsp3) is 0.138. The van der Waals surface area contributed by atoms with E-state index < -0.39 is 23.4 Å². The fourth-order valence-corrected chi connectivity index (χ4v) is 7.66. The summed E-state index contributed by atoms with van der Waals surface area (Å²) in [6.45, 7) is 0. The summed E-state index contributed by atoms with van der Waals surface area (Å²) in [5, 5.41) is 6.78. The minimum Gasteiger partial charge on any atom is -0.352 e. The van der Waals surface area contributed by atoms with Crippen LogP contribution in [0.1, 0.15) is 30.5 Å². The zero-order valence-corrected chi connectivity index (χ0v) is 20.6. The molecule has 0 bridgehead atoms. The Morgan fingerprint density at radius 1 is 0.833 bits per heavy atom. The molecule has 0 radical (unpaired) electrons. The van der Waals surface area contributed by atoms with Gasteiger partial charge in [0, 0.05) is 11.4 Å². The molecule has 5 heterocycles. The summed E-state index contributed by atoms with van der Waals surface area (Å²) in [6.07, 6.45) is 4.01. The minimum absolute atomic E-state index is 0.135. The number of para-hydroxylation sites is 2. The Bertz CT molecular complexity index is 1560. The van der Waals surface area contributed by atoms with Crippen LogP contribution in [0.3, 0.4) is 0 Å². The maximum atomic E-state index is 14.4. The molecule has 1 spiro atoms. The molecular weight excluding hydrogens is 488 g/mol. The molecule has 1 saturated heterocycles. The number of anilines is 2. The van der Waals surface area contributed by atoms with Crippen LogP contribution in [0.5, 0.6) is 0 Å². The van der Waals surface area contributed by atoms with Crippen LogP contribution < -0.4 is 10.2 Å². The second-order valence-electron chi connectivity index (χ2n) is 9.24. The Labute approximate surface area is 215 Å². The zero-order chi connectivity index (χ0) is 24.4. The molecule has 7 rings (SSSR count). The van der Waals surface area contributed by atoms with Gasteiger partial charge >= 0.3 is 0 Å². The number of fused-ring (bicyclic) bond motifs is 6. The van der Waals surface area contributed by atoms with E-state index in [4.69, 9.17) is 0 Å². The van der Waals surface area contributed by atoms with Gasteiger partial charge in [-0.2, -0.15) is 0 Å². The third kappa shape index (κ3) is 2.72. The molecule has 0 aliphatic carbocycles. The average molecular weight is 509 g/mol. The molecule has 176 valence electrons. The number of benzene rings is 2. The molecule has 3 aliphatic rings. The Morgan fingerprint density at radius 3 is 2.28 bits per heavy atom. The van der Waals surface area contributed by atoms with Crippen molar-refractivity contribution in [3.63, 3.8) is 0 Å². The molecule has 7 heteroatoms. The zero-order valence-electron chi connectivity index (χ0n) is 19.0. The van der Waals surface area contributed by atoms with Crippen molar-refractivity contribution in [2.75, 3.05) is 10.2 Å². The Kier molecular flexibility index (Phi) is 4.68. The highest BCUT2D eigenvalue weighted by molar-refractivity contribution is 7.12. The lowest BCUT2D eigenvalue weighted by atomic mass is 9.65. The number of hydrogen-bond acceptors (Lipinski definition) is 6. The van der Waals surface area contributed by atoms with Crippen molar-refractivity contribution in [1.82, 2.24) is 0 Å². The summed E-state index contributed by atoms with van der Waals surface area (Å²) in [4.78, 5) is 46.0. The molecule has 3 aliphatic heterocycles. The molecule has 1 amide bonds. The van der Waals surface area contributed by atoms with Crippen molar-refractivity contribution in [3.8, 4) is 0 Å². The van der Waals surface area contributed by atoms with Crippen LogP contribution in [0.2, 0.25) is 0 Å². The van der Waals surface area contributed by atoms with Gasteiger partial charge in [-0.05, 0) is 46.2 Å². The largest absolute Gasteiger partial charge is 0.352 e. The van der Waals surface area contributed by atoms with Crippen LogP contribution in [0, 0.1) is 5.92 Å². The van der Waals surface area contributed by atoms with Crippen molar-refractivity contribution >= 4 is 57.6 Å². The van der Waals surface area contributed by atoms with Gasteiger partial charge in [0.1, 0.15) is 11.5 Å². The predicted octanol–water partition coefficient (Wildman–Crippen LogP) is 5.67. The van der Waals surface area contributed by atoms with Gasteiger partial charge < -0.3 is 10.2 Å². The predicted molar refractivity (Wildman–Crippen MR) is 143 cm³/mol. The van der Waals surface area contributed by atoms with E-state index in [1.165, 1.54) is 22.7 Å². The number of rotatable bonds is 4. The number of thiophene rings is 2. The van der Waals surface area contributed by atoms with E-state index in [0.29, 0.717) is 15.4 Å². The average Bonchev–Trinajstić information content (AvgIpc) is 3.70. The third-order valence-electron chi connectivity index (χ3n) is 7.62. The highest BCUT2D eigenvalue weighted by Gasteiger charge is 2.70. The number of carbonyl (C=O) groups is 3. The Morgan fingerprint density at radius 2 is 1.53 bits per heavy atom. The summed E-state index contributed by atoms with van der Waals surface area (Å²) in [7, 11) is 0. The number of carbonyl (C=O) groups excluding carboxylic acids is 3. The number of Topliss-reactive ketones (excluding diaryl/α,β-unsaturated/α-hetero) is 2. The van der Waals surface area contributed by atoms with Crippen LogP contribution in [0.25, 0.3) is 6.08 Å². The first-order valence-electron chi connectivity index (χ1n) is 11.7. The van der Waals surface area contributed by atoms with Crippen LogP contribution in [0.4, 0.5) is 11.4 Å². The van der Waals surface area contributed by atoms with Gasteiger partial charge in [-0.15, -0.1) is 22.7 Å². The van der Waals surface area contributed by atoms with Gasteiger partial charge in [-0.3, -0.25) is 14.4 Å². The molecule has 2 aromatic carbocycles. The lowest BCUT2D eigenvalue weighted by Gasteiger charge is -2.37. The van der Waals surface area contributed by atoms with E-state index in [2.05, 4.69) is 5.32 Å². The van der Waals surface area contributed by atoms with Gasteiger partial charge in [0.15, 0.2) is 11.6 Å². The summed E-state index contributed by atoms with van der Waals surface area (Å²) < 4.78 is 0. The second kappa shape index (κ2) is 7.85. The molecule has 2 aromatic heterocycles. The monoisotopic (exact) mass is 508 g/mol. The molecule has 1 N–H and O–H groups in total. The quantitative estimate of drug-likeness (QED) is 0.361. The van der Waals surface area contributed by atoms with Gasteiger partial charge in [0.25, 0.3) is 0 Å². The first-order chi connectivity index (χ1) is 17.6. The molecule has 36 heavy (non-hydrogen) atoms. The smallest absolute Gasteiger partial charge is 0.238 e. The molecule has 5 nitrogen and oxygen atoms in total. The number of ketones is 2. The number of hydrogen-bond donors (Lipinski definition) is 1. The van der Waals surface area contributed by atoms with Gasteiger partial charge in [0.2, 0.25) is 5.91 Å². The van der Waals surface area contributed by atoms with Crippen LogP contribution >= 0.6 is 22.7 Å². The van der Waals surface area contributed by atoms with E-state index in [1.807, 2.05) is 88.5 Å². The van der Waals surface area contributed by atoms with E-state index in [1.54, 1.807) is 12.1 Å². The van der Waals surface area contributed by atoms with Crippen LogP contribution in [0.15, 0.2) is 89.6 Å². The molecule has 0 saturated carbocycles. The minimum atomic E-state index is -1.25. The van der Waals surface area contributed by atoms with E-state index >= 15 is 0 Å². The van der Waals surface area contributed by atoms with Crippen molar-refractivity contribution in [2.45, 2.75) is 17.5 Å². The topological polar surface area (TPSA) is 66.5 Å². The van der Waals surface area contributed by atoms with Gasteiger partial charge in [0.05, 0.1) is 21.7 Å². The van der Waals surface area contributed by atoms with E-state index in [0.717, 1.165) is 16.8 Å². The van der Waals surface area contributed by atoms with Gasteiger partial charge in [-0.25, -0.2) is 0 Å². The third-order valence-corrected chi connectivity index (χ3v) is 9.39. The number of nitrogens with one attached hydrogen (secondary N) is 1. The van der Waals surface area contributed by atoms with Crippen LogP contribution in [-0.2, 0) is 10.2 Å². The van der Waals surface area contributed by atoms with E-state index in [-0.39, 0.29) is 17.5 Å². The lowest BCUT2D eigenvalue weighted by Crippen LogP contribution is -2.51. The summed E-state index contributed by atoms with van der Waals surface area (Å²) >= 11 is 2.71. The molecule has 1 fully saturated rings. The first kappa shape index (κ1) is 21.5. The summed E-state index contributed by atoms with van der Waals surface area (Å²) in [5.41, 5.74) is 2.04. The highest BCUT2D eigenvalue weighted by Crippen LogP contribution is 2.58. The highest BCUT2D eigenvalue weighted by atomic mass is 32.1. The second-order valence-corrected chi connectivity index (χ2v) is 11.1. The Hall–Kier alpha value is -3.81. The lowest BCUT2D eigenvalue weighted by molar-refractivity contribution is -0.121. The van der Waals surface area contributed by atoms with Crippen molar-refractivity contribution in [3.05, 3.63) is 111 Å². The first-order valence-corrected chi connectivity index (χ1v) is 13.5. The molecule has 4 aromatic rings. The number of amides is 1. The maximum absolute atomic E-state index is 14.4. The normalized spacial score (nSPS) is 25.4. The van der Waals surface area contributed by atoms with E-state index in [9.17, 15) is 14.4 Å². The van der Waals surface area contributed by atoms with Crippen molar-refractivity contribution < 1.29 is 14.4 Å². The summed E-state index contributed by atoms with van der Waals surface area (Å²) in [6, 6.07) is 21.4. The summed E-state index contributed by atoms with van der Waals surface area (Å²) in [5.74, 6) is -1.45. The molecule has 0 unspecified atom stereocenters. The number of nitrogens with zero attached hydrogens (tertiary/aromatic N) is 1. The van der Waals surface area contributed by atoms with Crippen LogP contribution in [-0.4, -0.2) is 29.6 Å². The standard InChI is InChI=1S/C29H20N2O3S2/c32-26(21-11-5-15-35-21)24-25(27(33)22-12-6-16-36-22)31-20-10-4-1-7-17(20)13-14-23(31)29(24)18-8-2-3-9-19(18)30-28(29)34/h1-16,23-25H,(H,30,34)/t23-,24+,25+,29-/m1/s1. The van der Waals surface area contributed by atoms with Crippen molar-refractivity contribution in [1.29, 1.82) is 0 Å². The fourth-order valence-electron chi connectivity index (χ4n) is 6.26. The molecular formula is C29H20N2O3S2. The SMILES string of the molecule is O=C(c1cccs1)[C@@H]1[C@@H](C(=O)c2cccs2)[C@]2(C(=O)Nc3ccccc32)[C@H]2C=Cc3ccccc3N12.